The number of carbonyl (C=O) groups is 1. The molecule has 1 spiro atoms. The lowest BCUT2D eigenvalue weighted by atomic mass is 10.2. The third-order valence-electron chi connectivity index (χ3n) is 6.57. The molecule has 5 N–H and O–H groups in total. The van der Waals surface area contributed by atoms with Crippen molar-refractivity contribution in [2.75, 3.05) is 5.32 Å². The van der Waals surface area contributed by atoms with Crippen LogP contribution in [-0.4, -0.2) is 43.4 Å². The minimum absolute atomic E-state index is 0.0839. The zero-order chi connectivity index (χ0) is 22.2. The molecule has 33 heavy (non-hydrogen) atoms. The fourth-order valence-corrected chi connectivity index (χ4v) is 5.12. The van der Waals surface area contributed by atoms with E-state index in [1.807, 2.05) is 28.8 Å². The highest BCUT2D eigenvalue weighted by atomic mass is 32.1. The topological polar surface area (TPSA) is 116 Å². The van der Waals surface area contributed by atoms with E-state index in [0.717, 1.165) is 65.4 Å². The quantitative estimate of drug-likeness (QED) is 0.270. The Labute approximate surface area is 194 Å². The third kappa shape index (κ3) is 3.68. The van der Waals surface area contributed by atoms with Crippen LogP contribution in [0.4, 0.5) is 5.82 Å². The van der Waals surface area contributed by atoms with Crippen molar-refractivity contribution in [3.8, 4) is 10.6 Å². The molecule has 1 aliphatic heterocycles. The van der Waals surface area contributed by atoms with Gasteiger partial charge in [-0.2, -0.15) is 9.61 Å². The van der Waals surface area contributed by atoms with Gasteiger partial charge in [0.15, 0.2) is 5.65 Å². The number of nitrogens with one attached hydrogen (secondary N) is 4. The molecule has 1 unspecified atom stereocenters. The number of fused-ring (bicyclic) bond motifs is 1. The molecular formula is C23H25N7O2S. The van der Waals surface area contributed by atoms with Gasteiger partial charge in [-0.1, -0.05) is 0 Å². The third-order valence-corrected chi connectivity index (χ3v) is 7.73. The van der Waals surface area contributed by atoms with Crippen LogP contribution in [0.2, 0.25) is 0 Å². The molecule has 9 nitrogen and oxygen atoms in total. The second-order valence-electron chi connectivity index (χ2n) is 9.55. The number of aliphatic hydroxyl groups is 1. The van der Waals surface area contributed by atoms with Gasteiger partial charge in [0.1, 0.15) is 23.4 Å². The molecule has 3 aromatic rings. The summed E-state index contributed by atoms with van der Waals surface area (Å²) < 4.78 is 1.81. The number of rotatable bonds is 7. The van der Waals surface area contributed by atoms with Gasteiger partial charge in [0.05, 0.1) is 16.8 Å². The Kier molecular flexibility index (Phi) is 4.15. The van der Waals surface area contributed by atoms with Crippen molar-refractivity contribution < 1.29 is 9.90 Å². The highest BCUT2D eigenvalue weighted by Gasteiger charge is 2.50. The van der Waals surface area contributed by atoms with Crippen LogP contribution in [0.15, 0.2) is 30.1 Å². The van der Waals surface area contributed by atoms with Gasteiger partial charge in [-0.3, -0.25) is 10.1 Å². The van der Waals surface area contributed by atoms with Crippen LogP contribution >= 0.6 is 11.3 Å². The molecule has 0 aromatic carbocycles. The smallest absolute Gasteiger partial charge is 0.269 e. The maximum absolute atomic E-state index is 12.4. The average molecular weight is 464 g/mol. The summed E-state index contributed by atoms with van der Waals surface area (Å²) in [5.74, 6) is 0.802. The van der Waals surface area contributed by atoms with Crippen molar-refractivity contribution in [3.63, 3.8) is 0 Å². The van der Waals surface area contributed by atoms with Gasteiger partial charge < -0.3 is 21.1 Å². The summed E-state index contributed by atoms with van der Waals surface area (Å²) in [6.07, 6.45) is 9.38. The zero-order valence-corrected chi connectivity index (χ0v) is 18.8. The minimum Gasteiger partial charge on any atom is -0.373 e. The number of aromatic nitrogens is 3. The van der Waals surface area contributed by atoms with Crippen molar-refractivity contribution >= 4 is 34.8 Å². The normalized spacial score (nSPS) is 23.2. The molecule has 4 fully saturated rings. The first-order valence-corrected chi connectivity index (χ1v) is 12.4. The predicted octanol–water partition coefficient (Wildman–Crippen LogP) is 2.33. The number of hydrogen-bond acceptors (Lipinski definition) is 8. The first-order valence-electron chi connectivity index (χ1n) is 11.6. The van der Waals surface area contributed by atoms with Crippen molar-refractivity contribution in [1.29, 1.82) is 0 Å². The molecule has 1 amide bonds. The molecule has 170 valence electrons. The Bertz CT molecular complexity index is 1300. The summed E-state index contributed by atoms with van der Waals surface area (Å²) >= 11 is 1.54. The number of thiophene rings is 1. The lowest BCUT2D eigenvalue weighted by molar-refractivity contribution is -0.116. The van der Waals surface area contributed by atoms with E-state index in [1.54, 1.807) is 17.5 Å². The van der Waals surface area contributed by atoms with E-state index >= 15 is 0 Å². The first-order chi connectivity index (χ1) is 16.1. The Balaban J connectivity index is 1.27. The van der Waals surface area contributed by atoms with Crippen LogP contribution in [0.3, 0.4) is 0 Å². The molecule has 10 heteroatoms. The SMILES string of the molecule is O=C1NC2(CC2)N/C1=C\c1cnn2c(NC3CC3)cc(-c3ccc(C(O)NC4CC4)s3)nc12. The van der Waals surface area contributed by atoms with Crippen LogP contribution in [0, 0.1) is 0 Å². The van der Waals surface area contributed by atoms with Crippen molar-refractivity contribution in [2.45, 2.75) is 62.5 Å². The number of carbonyl (C=O) groups excluding carboxylic acids is 1. The van der Waals surface area contributed by atoms with Crippen molar-refractivity contribution in [2.24, 2.45) is 0 Å². The molecule has 1 saturated heterocycles. The van der Waals surface area contributed by atoms with E-state index in [1.165, 1.54) is 0 Å². The molecule has 0 bridgehead atoms. The summed E-state index contributed by atoms with van der Waals surface area (Å²) in [6, 6.07) is 6.86. The molecule has 3 saturated carbocycles. The van der Waals surface area contributed by atoms with Crippen molar-refractivity contribution in [1.82, 2.24) is 30.5 Å². The Hall–Kier alpha value is -2.95. The number of hydrogen-bond donors (Lipinski definition) is 5. The summed E-state index contributed by atoms with van der Waals surface area (Å²) in [5, 5.41) is 28.2. The standard InChI is InChI=1S/C23H25N7O2S/c31-21-16(28-23(29-21)7-8-23)9-12-11-24-30-19(25-13-1-2-13)10-15(27-20(12)30)17-5-6-18(33-17)22(32)26-14-3-4-14/h5-6,9-11,13-14,22,25-26,28,32H,1-4,7-8H2,(H,29,31)/b16-9-. The first kappa shape index (κ1) is 19.5. The van der Waals surface area contributed by atoms with Crippen molar-refractivity contribution in [3.05, 3.63) is 40.5 Å². The fraction of sp³-hybridized carbons (Fsp3) is 0.435. The van der Waals surface area contributed by atoms with Crippen LogP contribution < -0.4 is 21.3 Å². The largest absolute Gasteiger partial charge is 0.373 e. The second kappa shape index (κ2) is 7.02. The van der Waals surface area contributed by atoms with E-state index < -0.39 is 6.23 Å². The minimum atomic E-state index is -0.652. The molecular weight excluding hydrogens is 438 g/mol. The molecule has 4 aliphatic rings. The highest BCUT2D eigenvalue weighted by molar-refractivity contribution is 7.15. The Morgan fingerprint density at radius 2 is 2.03 bits per heavy atom. The van der Waals surface area contributed by atoms with E-state index in [-0.39, 0.29) is 11.6 Å². The molecule has 1 atom stereocenters. The fourth-order valence-electron chi connectivity index (χ4n) is 4.20. The van der Waals surface area contributed by atoms with Crippen LogP contribution in [-0.2, 0) is 4.79 Å². The molecule has 4 heterocycles. The Morgan fingerprint density at radius 3 is 2.76 bits per heavy atom. The molecule has 3 aromatic heterocycles. The summed E-state index contributed by atoms with van der Waals surface area (Å²) in [7, 11) is 0. The lowest BCUT2D eigenvalue weighted by Gasteiger charge is -2.10. The lowest BCUT2D eigenvalue weighted by Crippen LogP contribution is -2.33. The van der Waals surface area contributed by atoms with Gasteiger partial charge in [0.2, 0.25) is 0 Å². The second-order valence-corrected chi connectivity index (χ2v) is 10.7. The maximum atomic E-state index is 12.4. The van der Waals surface area contributed by atoms with E-state index in [9.17, 15) is 9.90 Å². The van der Waals surface area contributed by atoms with Gasteiger partial charge in [-0.05, 0) is 56.7 Å². The van der Waals surface area contributed by atoms with Gasteiger partial charge in [0.25, 0.3) is 5.91 Å². The number of aliphatic hydroxyl groups excluding tert-OH is 1. The number of anilines is 1. The number of nitrogens with zero attached hydrogens (tertiary/aromatic N) is 3. The van der Waals surface area contributed by atoms with Gasteiger partial charge >= 0.3 is 0 Å². The summed E-state index contributed by atoms with van der Waals surface area (Å²) in [5.41, 5.74) is 2.62. The van der Waals surface area contributed by atoms with Gasteiger partial charge in [0, 0.05) is 28.6 Å². The van der Waals surface area contributed by atoms with Gasteiger partial charge in [-0.25, -0.2) is 4.98 Å². The molecule has 3 aliphatic carbocycles. The Morgan fingerprint density at radius 1 is 1.21 bits per heavy atom. The van der Waals surface area contributed by atoms with Crippen LogP contribution in [0.1, 0.15) is 55.2 Å². The highest BCUT2D eigenvalue weighted by Crippen LogP contribution is 2.38. The average Bonchev–Trinajstić information content (AvgIpc) is 3.76. The van der Waals surface area contributed by atoms with Gasteiger partial charge in [-0.15, -0.1) is 11.3 Å². The van der Waals surface area contributed by atoms with E-state index in [2.05, 4.69) is 26.4 Å². The predicted molar refractivity (Wildman–Crippen MR) is 125 cm³/mol. The van der Waals surface area contributed by atoms with Crippen LogP contribution in [0.5, 0.6) is 0 Å². The van der Waals surface area contributed by atoms with Crippen LogP contribution in [0.25, 0.3) is 22.3 Å². The van der Waals surface area contributed by atoms with E-state index in [4.69, 9.17) is 4.98 Å². The maximum Gasteiger partial charge on any atom is 0.269 e. The van der Waals surface area contributed by atoms with E-state index in [0.29, 0.717) is 23.4 Å². The molecule has 7 rings (SSSR count). The molecule has 0 radical (unpaired) electrons. The zero-order valence-electron chi connectivity index (χ0n) is 18.0. The number of amides is 1. The monoisotopic (exact) mass is 463 g/mol. The summed E-state index contributed by atoms with van der Waals surface area (Å²) in [6.45, 7) is 0. The summed E-state index contributed by atoms with van der Waals surface area (Å²) in [4.78, 5) is 19.2.